The van der Waals surface area contributed by atoms with E-state index in [0.29, 0.717) is 12.3 Å². The number of hydrogen-bond donors (Lipinski definition) is 4. The number of rotatable bonds is 12. The summed E-state index contributed by atoms with van der Waals surface area (Å²) < 4.78 is 15.7. The molecule has 0 radical (unpaired) electrons. The molecule has 1 aromatic rings. The number of alkyl carbamates (subject to hydrolysis) is 1. The molecule has 0 spiro atoms. The number of ether oxygens (including phenoxy) is 3. The number of amides is 2. The van der Waals surface area contributed by atoms with Crippen LogP contribution in [0.5, 0.6) is 5.75 Å². The van der Waals surface area contributed by atoms with Gasteiger partial charge in [-0.1, -0.05) is 18.2 Å². The highest BCUT2D eigenvalue weighted by Crippen LogP contribution is 2.16. The maximum Gasteiger partial charge on any atom is 0.417 e. The van der Waals surface area contributed by atoms with Gasteiger partial charge in [0.2, 0.25) is 5.91 Å². The predicted octanol–water partition coefficient (Wildman–Crippen LogP) is 0.991. The van der Waals surface area contributed by atoms with E-state index in [1.54, 1.807) is 32.9 Å². The quantitative estimate of drug-likeness (QED) is 0.200. The second kappa shape index (κ2) is 13.9. The van der Waals surface area contributed by atoms with Gasteiger partial charge in [0, 0.05) is 32.6 Å². The molecular formula is C22H33N3O8. The van der Waals surface area contributed by atoms with Gasteiger partial charge in [-0.05, 0) is 39.3 Å². The number of carboxylic acid groups (broad SMARTS) is 1. The summed E-state index contributed by atoms with van der Waals surface area (Å²) in [5.74, 6) is -2.73. The molecular weight excluding hydrogens is 434 g/mol. The minimum atomic E-state index is -1.69. The lowest BCUT2D eigenvalue weighted by Crippen LogP contribution is -2.40. The van der Waals surface area contributed by atoms with Crippen molar-refractivity contribution in [3.8, 4) is 5.75 Å². The molecule has 184 valence electrons. The molecule has 0 heterocycles. The van der Waals surface area contributed by atoms with Gasteiger partial charge in [0.15, 0.2) is 0 Å². The Labute approximate surface area is 193 Å². The molecule has 0 saturated carbocycles. The van der Waals surface area contributed by atoms with Crippen molar-refractivity contribution in [3.63, 3.8) is 0 Å². The van der Waals surface area contributed by atoms with Crippen LogP contribution in [0, 0.1) is 6.92 Å². The topological polar surface area (TPSA) is 152 Å². The summed E-state index contributed by atoms with van der Waals surface area (Å²) in [4.78, 5) is 45.6. The Hall–Kier alpha value is -3.34. The fraction of sp³-hybridized carbons (Fsp3) is 0.545. The number of benzene rings is 1. The van der Waals surface area contributed by atoms with Gasteiger partial charge in [-0.3, -0.25) is 4.79 Å². The normalized spacial score (nSPS) is 11.8. The average molecular weight is 468 g/mol. The molecule has 0 aliphatic rings. The Morgan fingerprint density at radius 3 is 2.36 bits per heavy atom. The van der Waals surface area contributed by atoms with Crippen LogP contribution in [0.3, 0.4) is 0 Å². The van der Waals surface area contributed by atoms with Crippen molar-refractivity contribution in [1.29, 1.82) is 0 Å². The molecule has 1 unspecified atom stereocenters. The maximum absolute atomic E-state index is 11.8. The highest BCUT2D eigenvalue weighted by Gasteiger charge is 2.21. The molecule has 2 amide bonds. The Morgan fingerprint density at radius 1 is 1.03 bits per heavy atom. The number of carbonyl (C=O) groups excluding carboxylic acids is 3. The molecule has 1 atom stereocenters. The average Bonchev–Trinajstić information content (AvgIpc) is 2.71. The molecule has 0 aromatic heterocycles. The Kier molecular flexibility index (Phi) is 11.7. The van der Waals surface area contributed by atoms with E-state index in [1.165, 1.54) is 0 Å². The molecule has 33 heavy (non-hydrogen) atoms. The summed E-state index contributed by atoms with van der Waals surface area (Å²) in [7, 11) is 0. The van der Waals surface area contributed by atoms with Crippen LogP contribution in [-0.2, 0) is 23.9 Å². The molecule has 0 saturated heterocycles. The summed E-state index contributed by atoms with van der Waals surface area (Å²) in [6.45, 7) is 7.94. The third kappa shape index (κ3) is 13.0. The molecule has 0 aliphatic carbocycles. The van der Waals surface area contributed by atoms with Gasteiger partial charge in [-0.2, -0.15) is 0 Å². The van der Waals surface area contributed by atoms with Crippen LogP contribution in [0.4, 0.5) is 4.79 Å². The van der Waals surface area contributed by atoms with Gasteiger partial charge in [0.25, 0.3) is 0 Å². The van der Waals surface area contributed by atoms with Crippen LogP contribution in [-0.4, -0.2) is 73.5 Å². The predicted molar refractivity (Wildman–Crippen MR) is 119 cm³/mol. The summed E-state index contributed by atoms with van der Waals surface area (Å²) in [6.07, 6.45) is -1.35. The van der Waals surface area contributed by atoms with E-state index < -0.39 is 29.7 Å². The van der Waals surface area contributed by atoms with E-state index in [1.807, 2.05) is 19.1 Å². The number of aryl methyl sites for hydroxylation is 1. The van der Waals surface area contributed by atoms with Crippen molar-refractivity contribution in [2.75, 3.05) is 32.8 Å². The zero-order chi connectivity index (χ0) is 24.9. The number of nitrogens with one attached hydrogen (secondary N) is 3. The largest absolute Gasteiger partial charge is 0.489 e. The van der Waals surface area contributed by atoms with Gasteiger partial charge >= 0.3 is 18.0 Å². The van der Waals surface area contributed by atoms with Crippen molar-refractivity contribution in [2.45, 2.75) is 45.8 Å². The van der Waals surface area contributed by atoms with Crippen molar-refractivity contribution >= 4 is 23.9 Å². The zero-order valence-electron chi connectivity index (χ0n) is 19.4. The molecule has 1 aromatic carbocycles. The Morgan fingerprint density at radius 2 is 1.73 bits per heavy atom. The highest BCUT2D eigenvalue weighted by atomic mass is 16.6. The van der Waals surface area contributed by atoms with Crippen molar-refractivity contribution in [2.24, 2.45) is 0 Å². The second-order valence-electron chi connectivity index (χ2n) is 8.14. The summed E-state index contributed by atoms with van der Waals surface area (Å²) >= 11 is 0. The minimum absolute atomic E-state index is 0.0421. The van der Waals surface area contributed by atoms with Crippen LogP contribution in [0.15, 0.2) is 24.3 Å². The fourth-order valence-corrected chi connectivity index (χ4v) is 2.47. The molecule has 0 aliphatic heterocycles. The summed E-state index contributed by atoms with van der Waals surface area (Å²) in [5.41, 5.74) is 0.275. The number of esters is 1. The molecule has 4 N–H and O–H groups in total. The minimum Gasteiger partial charge on any atom is -0.489 e. The van der Waals surface area contributed by atoms with E-state index in [9.17, 15) is 19.2 Å². The van der Waals surface area contributed by atoms with E-state index >= 15 is 0 Å². The Bertz CT molecular complexity index is 807. The van der Waals surface area contributed by atoms with Crippen LogP contribution >= 0.6 is 0 Å². The van der Waals surface area contributed by atoms with Gasteiger partial charge in [0.05, 0.1) is 0 Å². The van der Waals surface area contributed by atoms with Crippen molar-refractivity contribution in [1.82, 2.24) is 16.0 Å². The number of aliphatic carboxylic acids is 1. The SMILES string of the molecule is Cc1ccccc1OCC(CNCCNC(=O)CCNC(=O)OC(C)(C)C)OC(=O)C(=O)O. The van der Waals surface area contributed by atoms with E-state index in [-0.39, 0.29) is 38.6 Å². The van der Waals surface area contributed by atoms with Crippen LogP contribution in [0.2, 0.25) is 0 Å². The molecule has 0 fully saturated rings. The van der Waals surface area contributed by atoms with Gasteiger partial charge in [0.1, 0.15) is 24.1 Å². The maximum atomic E-state index is 11.8. The van der Waals surface area contributed by atoms with E-state index in [4.69, 9.17) is 19.3 Å². The van der Waals surface area contributed by atoms with Gasteiger partial charge in [-0.25, -0.2) is 14.4 Å². The summed E-state index contributed by atoms with van der Waals surface area (Å²) in [6, 6.07) is 7.27. The Balaban J connectivity index is 2.32. The van der Waals surface area contributed by atoms with Crippen LogP contribution in [0.1, 0.15) is 32.8 Å². The van der Waals surface area contributed by atoms with Crippen molar-refractivity contribution < 1.29 is 38.5 Å². The molecule has 11 heteroatoms. The van der Waals surface area contributed by atoms with Crippen molar-refractivity contribution in [3.05, 3.63) is 29.8 Å². The number of para-hydroxylation sites is 1. The van der Waals surface area contributed by atoms with Gasteiger partial charge in [-0.15, -0.1) is 0 Å². The first kappa shape index (κ1) is 27.7. The first-order valence-electron chi connectivity index (χ1n) is 10.5. The first-order valence-corrected chi connectivity index (χ1v) is 10.5. The molecule has 1 rings (SSSR count). The number of carbonyl (C=O) groups is 4. The fourth-order valence-electron chi connectivity index (χ4n) is 2.47. The lowest BCUT2D eigenvalue weighted by atomic mass is 10.2. The highest BCUT2D eigenvalue weighted by molar-refractivity contribution is 6.28. The lowest BCUT2D eigenvalue weighted by molar-refractivity contribution is -0.168. The summed E-state index contributed by atoms with van der Waals surface area (Å²) in [5, 5.41) is 16.9. The third-order valence-electron chi connectivity index (χ3n) is 3.98. The standard InChI is InChI=1S/C22H33N3O8/c1-15-7-5-6-8-17(15)31-14-16(32-20(29)19(27)28)13-23-11-12-24-18(26)9-10-25-21(30)33-22(2,3)4/h5-8,16,23H,9-14H2,1-4H3,(H,24,26)(H,25,30)(H,27,28). The molecule has 0 bridgehead atoms. The second-order valence-corrected chi connectivity index (χ2v) is 8.14. The molecule has 11 nitrogen and oxygen atoms in total. The van der Waals surface area contributed by atoms with Gasteiger partial charge < -0.3 is 35.3 Å². The smallest absolute Gasteiger partial charge is 0.417 e. The van der Waals surface area contributed by atoms with Crippen LogP contribution < -0.4 is 20.7 Å². The monoisotopic (exact) mass is 467 g/mol. The zero-order valence-corrected chi connectivity index (χ0v) is 19.4. The van der Waals surface area contributed by atoms with E-state index in [0.717, 1.165) is 5.56 Å². The van der Waals surface area contributed by atoms with Crippen LogP contribution in [0.25, 0.3) is 0 Å². The first-order chi connectivity index (χ1) is 15.5. The lowest BCUT2D eigenvalue weighted by Gasteiger charge is -2.19. The number of carboxylic acids is 1. The third-order valence-corrected chi connectivity index (χ3v) is 3.98. The number of hydrogen-bond acceptors (Lipinski definition) is 8. The van der Waals surface area contributed by atoms with E-state index in [2.05, 4.69) is 16.0 Å².